The van der Waals surface area contributed by atoms with Gasteiger partial charge in [0.15, 0.2) is 5.78 Å². The maximum Gasteiger partial charge on any atom is 0.409 e. The number of rotatable bonds is 22. The molecule has 7 amide bonds. The second kappa shape index (κ2) is 27.6. The summed E-state index contributed by atoms with van der Waals surface area (Å²) in [6.45, 7) is 16.8. The average Bonchev–Trinajstić information content (AvgIpc) is 4.10. The second-order valence-electron chi connectivity index (χ2n) is 21.9. The van der Waals surface area contributed by atoms with Gasteiger partial charge in [-0.05, 0) is 82.6 Å². The fourth-order valence-electron chi connectivity index (χ4n) is 10.2. The van der Waals surface area contributed by atoms with Crippen LogP contribution >= 0.6 is 11.6 Å². The molecule has 4 aliphatic heterocycles. The number of nitrogens with zero attached hydrogens (tertiary/aromatic N) is 3. The number of nitrogens with two attached hydrogens (primary N) is 1. The minimum atomic E-state index is -1.69. The number of ether oxygens (including phenoxy) is 4. The van der Waals surface area contributed by atoms with Gasteiger partial charge < -0.3 is 55.1 Å². The minimum absolute atomic E-state index is 0.00727. The number of methoxy groups -OCH3 is 1. The smallest absolute Gasteiger partial charge is 0.409 e. The van der Waals surface area contributed by atoms with Crippen LogP contribution in [0.25, 0.3) is 0 Å². The highest BCUT2D eigenvalue weighted by Crippen LogP contribution is 2.49. The van der Waals surface area contributed by atoms with E-state index in [2.05, 4.69) is 22.5 Å². The van der Waals surface area contributed by atoms with E-state index < -0.39 is 102 Å². The predicted molar refractivity (Wildman–Crippen MR) is 294 cm³/mol. The van der Waals surface area contributed by atoms with Gasteiger partial charge in [0.05, 0.1) is 31.4 Å². The fourth-order valence-corrected chi connectivity index (χ4v) is 10.5. The number of anilines is 1. The van der Waals surface area contributed by atoms with E-state index in [1.165, 1.54) is 37.0 Å². The van der Waals surface area contributed by atoms with Gasteiger partial charge in [-0.1, -0.05) is 88.9 Å². The van der Waals surface area contributed by atoms with Crippen LogP contribution in [0.3, 0.4) is 0 Å². The SMILES string of the molecule is C=C1C=CC(=O)N1CCCCCCCC(=O)[C@H](CCCNC(N)=O)NC(=O)[C@@H](CC(=O)N(C)[C@@H](C)C(=O)OC1CC(=O)N(C)c2cc(cc(OC)c2Cl)C/C(C)=C/C=C/C(C)C2(O)CC(OC(=O)N2)C(C)C2OC12C)C(C)C. The molecule has 1 aromatic carbocycles. The number of allylic oxidation sites excluding steroid dienone is 4. The molecule has 0 aromatic heterocycles. The lowest BCUT2D eigenvalue weighted by Crippen LogP contribution is -2.60. The number of hydrogen-bond donors (Lipinski definition) is 5. The molecule has 430 valence electrons. The Balaban J connectivity index is 1.30. The lowest BCUT2D eigenvalue weighted by molar-refractivity contribution is -0.162. The molecule has 6 N–H and O–H groups in total. The molecule has 4 heterocycles. The number of Topliss-reactive ketones (excluding diaryl/α,β-unsaturated/α-hetero) is 1. The quantitative estimate of drug-likeness (QED) is 0.0469. The van der Waals surface area contributed by atoms with Gasteiger partial charge in [-0.2, -0.15) is 0 Å². The lowest BCUT2D eigenvalue weighted by atomic mass is 9.82. The molecular formula is C57H82ClN7O13. The monoisotopic (exact) mass is 1110 g/mol. The van der Waals surface area contributed by atoms with Crippen molar-refractivity contribution in [3.05, 3.63) is 70.9 Å². The van der Waals surface area contributed by atoms with E-state index in [4.69, 9.17) is 36.3 Å². The Labute approximate surface area is 463 Å². The number of primary amides is 1. The first-order chi connectivity index (χ1) is 36.7. The topological polar surface area (TPSA) is 269 Å². The van der Waals surface area contributed by atoms with Crippen molar-refractivity contribution >= 4 is 64.8 Å². The van der Waals surface area contributed by atoms with Gasteiger partial charge in [0, 0.05) is 76.0 Å². The molecule has 2 fully saturated rings. The van der Waals surface area contributed by atoms with Gasteiger partial charge in [0.1, 0.15) is 40.3 Å². The number of benzene rings is 1. The number of hydrogen-bond acceptors (Lipinski definition) is 13. The van der Waals surface area contributed by atoms with Crippen molar-refractivity contribution in [2.45, 2.75) is 167 Å². The molecule has 10 atom stereocenters. The molecule has 21 heteroatoms. The molecule has 0 aliphatic carbocycles. The number of fused-ring (bicyclic) bond motifs is 5. The molecule has 7 unspecified atom stereocenters. The van der Waals surface area contributed by atoms with Crippen LogP contribution in [0.1, 0.15) is 125 Å². The molecule has 4 bridgehead atoms. The van der Waals surface area contributed by atoms with Crippen molar-refractivity contribution in [1.82, 2.24) is 25.8 Å². The third kappa shape index (κ3) is 16.2. The van der Waals surface area contributed by atoms with Crippen LogP contribution in [-0.2, 0) is 49.4 Å². The number of likely N-dealkylation sites (N-methyl/N-ethyl adjacent to an activating group) is 1. The number of carbonyl (C=O) groups is 8. The third-order valence-corrected chi connectivity index (χ3v) is 16.1. The number of urea groups is 1. The van der Waals surface area contributed by atoms with Crippen LogP contribution in [0.5, 0.6) is 5.75 Å². The van der Waals surface area contributed by atoms with E-state index in [1.54, 1.807) is 70.9 Å². The van der Waals surface area contributed by atoms with E-state index in [1.807, 2.05) is 19.1 Å². The first-order valence-electron chi connectivity index (χ1n) is 27.1. The predicted octanol–water partition coefficient (Wildman–Crippen LogP) is 6.55. The average molecular weight is 1110 g/mol. The minimum Gasteiger partial charge on any atom is -0.495 e. The number of halogens is 1. The summed E-state index contributed by atoms with van der Waals surface area (Å²) in [5, 5.41) is 20.0. The summed E-state index contributed by atoms with van der Waals surface area (Å²) in [5.74, 6) is -4.82. The van der Waals surface area contributed by atoms with Crippen LogP contribution in [0.2, 0.25) is 5.02 Å². The number of esters is 1. The first kappa shape index (κ1) is 62.6. The molecular weight excluding hydrogens is 1030 g/mol. The number of epoxide rings is 1. The van der Waals surface area contributed by atoms with Gasteiger partial charge in [-0.3, -0.25) is 29.3 Å². The van der Waals surface area contributed by atoms with Crippen LogP contribution in [0, 0.1) is 23.7 Å². The van der Waals surface area contributed by atoms with Crippen molar-refractivity contribution < 1.29 is 62.4 Å². The lowest BCUT2D eigenvalue weighted by Gasteiger charge is -2.41. The zero-order valence-electron chi connectivity index (χ0n) is 47.0. The largest absolute Gasteiger partial charge is 0.495 e. The van der Waals surface area contributed by atoms with Crippen molar-refractivity contribution in [3.8, 4) is 5.75 Å². The zero-order chi connectivity index (χ0) is 57.8. The van der Waals surface area contributed by atoms with E-state index in [9.17, 15) is 43.5 Å². The molecule has 1 aromatic rings. The molecule has 5 rings (SSSR count). The number of aliphatic hydroxyl groups is 1. The Morgan fingerprint density at radius 2 is 1.74 bits per heavy atom. The van der Waals surface area contributed by atoms with Crippen LogP contribution < -0.4 is 31.3 Å². The van der Waals surface area contributed by atoms with Gasteiger partial charge in [-0.15, -0.1) is 0 Å². The van der Waals surface area contributed by atoms with E-state index in [0.717, 1.165) is 36.8 Å². The highest BCUT2D eigenvalue weighted by molar-refractivity contribution is 6.35. The number of amides is 7. The Bertz CT molecular complexity index is 2500. The maximum absolute atomic E-state index is 14.5. The van der Waals surface area contributed by atoms with E-state index in [-0.39, 0.29) is 54.9 Å². The summed E-state index contributed by atoms with van der Waals surface area (Å²) in [6.07, 6.45) is 9.28. The summed E-state index contributed by atoms with van der Waals surface area (Å²) in [7, 11) is 4.43. The maximum atomic E-state index is 14.5. The summed E-state index contributed by atoms with van der Waals surface area (Å²) < 4.78 is 23.9. The van der Waals surface area contributed by atoms with Gasteiger partial charge >= 0.3 is 18.1 Å². The van der Waals surface area contributed by atoms with E-state index in [0.29, 0.717) is 42.9 Å². The van der Waals surface area contributed by atoms with E-state index >= 15 is 0 Å². The summed E-state index contributed by atoms with van der Waals surface area (Å²) in [4.78, 5) is 111. The second-order valence-corrected chi connectivity index (χ2v) is 22.3. The van der Waals surface area contributed by atoms with Crippen molar-refractivity contribution in [3.63, 3.8) is 0 Å². The van der Waals surface area contributed by atoms with Crippen LogP contribution in [-0.4, -0.2) is 138 Å². The molecule has 0 spiro atoms. The molecule has 78 heavy (non-hydrogen) atoms. The van der Waals surface area contributed by atoms with Gasteiger partial charge in [0.2, 0.25) is 17.7 Å². The Morgan fingerprint density at radius 1 is 1.05 bits per heavy atom. The zero-order valence-corrected chi connectivity index (χ0v) is 47.7. The third-order valence-electron chi connectivity index (χ3n) is 15.7. The molecule has 2 saturated heterocycles. The number of nitrogens with one attached hydrogen (secondary N) is 3. The number of carbonyl (C=O) groups excluding carboxylic acids is 8. The Morgan fingerprint density at radius 3 is 2.40 bits per heavy atom. The number of ketones is 1. The van der Waals surface area contributed by atoms with Gasteiger partial charge in [-0.25, -0.2) is 14.4 Å². The summed E-state index contributed by atoms with van der Waals surface area (Å²) >= 11 is 6.85. The van der Waals surface area contributed by atoms with Crippen molar-refractivity contribution in [1.29, 1.82) is 0 Å². The summed E-state index contributed by atoms with van der Waals surface area (Å²) in [6, 6.07) is 0.700. The van der Waals surface area contributed by atoms with Crippen LogP contribution in [0.4, 0.5) is 15.3 Å². The first-order valence-corrected chi connectivity index (χ1v) is 27.5. The van der Waals surface area contributed by atoms with Crippen molar-refractivity contribution in [2.24, 2.45) is 29.4 Å². The standard InChI is InChI=1S/C57H82ClN7O13/c1-33(2)40(52(70)61-41(21-18-25-60-54(59)72)43(66)22-15-13-12-14-16-26-65-36(5)23-24-47(65)67)30-48(68)63(9)38(7)53(71)77-46-31-49(69)64(10)42-28-39(29-44(75-11)50(42)58)27-34(3)19-17-20-35(4)57(74)32-45(76-55(73)62-57)37(6)51-56(46,8)78-51/h17,19-20,23-24,28-29,33,35,37-38,40-41,45-46,51,74H,5,12-16,18,21-22,25-27,30-32H2,1-4,6-11H3,(H,61,70)(H,62,73)(H3,59,60,72)/b20-17+,34-19+/t35?,37?,38-,40-,41-,45?,46?,51?,56?,57?/m0/s1. The molecule has 20 nitrogen and oxygen atoms in total. The van der Waals surface area contributed by atoms with Crippen LogP contribution in [0.15, 0.2) is 60.4 Å². The van der Waals surface area contributed by atoms with Gasteiger partial charge in [0.25, 0.3) is 5.91 Å². The molecule has 4 aliphatic rings. The van der Waals surface area contributed by atoms with Crippen molar-refractivity contribution in [2.75, 3.05) is 39.2 Å². The Kier molecular flexibility index (Phi) is 22.1. The highest BCUT2D eigenvalue weighted by Gasteiger charge is 2.64. The Hall–Kier alpha value is -6.25. The molecule has 0 saturated carbocycles. The fraction of sp³-hybridized carbons (Fsp3) is 0.614. The summed E-state index contributed by atoms with van der Waals surface area (Å²) in [5.41, 5.74) is 4.97. The number of alkyl carbamates (subject to hydrolysis) is 1. The normalized spacial score (nSPS) is 26.6. The number of unbranched alkanes of at least 4 members (excludes halogenated alkanes) is 4. The molecule has 0 radical (unpaired) electrons. The highest BCUT2D eigenvalue weighted by atomic mass is 35.5.